The van der Waals surface area contributed by atoms with E-state index in [0.717, 1.165) is 25.9 Å². The zero-order chi connectivity index (χ0) is 9.64. The van der Waals surface area contributed by atoms with E-state index in [-0.39, 0.29) is 0 Å². The van der Waals surface area contributed by atoms with E-state index in [1.54, 1.807) is 34.4 Å². The summed E-state index contributed by atoms with van der Waals surface area (Å²) in [7, 11) is 0. The Bertz CT molecular complexity index is 302. The molecule has 0 atom stereocenters. The second-order valence-electron chi connectivity index (χ2n) is 2.96. The van der Waals surface area contributed by atoms with E-state index in [9.17, 15) is 0 Å². The van der Waals surface area contributed by atoms with Crippen molar-refractivity contribution in [3.8, 4) is 0 Å². The SMILES string of the molecule is c1cnn(CCCCn2nccn2)n1. The summed E-state index contributed by atoms with van der Waals surface area (Å²) in [6, 6.07) is 0. The van der Waals surface area contributed by atoms with Gasteiger partial charge < -0.3 is 0 Å². The molecule has 0 bridgehead atoms. The van der Waals surface area contributed by atoms with Crippen molar-refractivity contribution in [3.63, 3.8) is 0 Å². The summed E-state index contributed by atoms with van der Waals surface area (Å²) >= 11 is 0. The van der Waals surface area contributed by atoms with Crippen LogP contribution in [0.25, 0.3) is 0 Å². The molecule has 0 amide bonds. The third-order valence-electron chi connectivity index (χ3n) is 1.90. The van der Waals surface area contributed by atoms with E-state index in [2.05, 4.69) is 20.4 Å². The Hall–Kier alpha value is -1.72. The lowest BCUT2D eigenvalue weighted by Gasteiger charge is -1.99. The van der Waals surface area contributed by atoms with Crippen molar-refractivity contribution in [1.82, 2.24) is 30.0 Å². The molecule has 0 aliphatic carbocycles. The lowest BCUT2D eigenvalue weighted by Crippen LogP contribution is -2.06. The molecule has 0 aliphatic rings. The normalized spacial score (nSPS) is 10.6. The van der Waals surface area contributed by atoms with Crippen molar-refractivity contribution in [2.75, 3.05) is 0 Å². The Morgan fingerprint density at radius 2 is 1.00 bits per heavy atom. The lowest BCUT2D eigenvalue weighted by atomic mass is 10.3. The third kappa shape index (κ3) is 2.38. The van der Waals surface area contributed by atoms with Crippen molar-refractivity contribution >= 4 is 0 Å². The summed E-state index contributed by atoms with van der Waals surface area (Å²) in [4.78, 5) is 3.38. The van der Waals surface area contributed by atoms with E-state index in [1.165, 1.54) is 0 Å². The molecule has 6 heteroatoms. The van der Waals surface area contributed by atoms with Crippen LogP contribution in [0.2, 0.25) is 0 Å². The smallest absolute Gasteiger partial charge is 0.0693 e. The Labute approximate surface area is 81.5 Å². The maximum atomic E-state index is 4.02. The van der Waals surface area contributed by atoms with Gasteiger partial charge in [0.2, 0.25) is 0 Å². The van der Waals surface area contributed by atoms with Crippen LogP contribution < -0.4 is 0 Å². The summed E-state index contributed by atoms with van der Waals surface area (Å²) < 4.78 is 0. The van der Waals surface area contributed by atoms with E-state index in [4.69, 9.17) is 0 Å². The quantitative estimate of drug-likeness (QED) is 0.641. The zero-order valence-corrected chi connectivity index (χ0v) is 7.82. The van der Waals surface area contributed by atoms with Crippen LogP contribution in [0, 0.1) is 0 Å². The fourth-order valence-electron chi connectivity index (χ4n) is 1.22. The van der Waals surface area contributed by atoms with Crippen molar-refractivity contribution in [1.29, 1.82) is 0 Å². The van der Waals surface area contributed by atoms with Crippen LogP contribution in [0.3, 0.4) is 0 Å². The van der Waals surface area contributed by atoms with Crippen LogP contribution in [0.15, 0.2) is 24.8 Å². The molecule has 2 heterocycles. The molecule has 74 valence electrons. The summed E-state index contributed by atoms with van der Waals surface area (Å²) in [5, 5.41) is 16.1. The minimum atomic E-state index is 0.855. The van der Waals surface area contributed by atoms with Gasteiger partial charge in [-0.1, -0.05) is 0 Å². The topological polar surface area (TPSA) is 61.4 Å². The Morgan fingerprint density at radius 1 is 0.643 bits per heavy atom. The number of nitrogens with zero attached hydrogens (tertiary/aromatic N) is 6. The molecule has 0 aromatic carbocycles. The average molecular weight is 192 g/mol. The second-order valence-corrected chi connectivity index (χ2v) is 2.96. The Morgan fingerprint density at radius 3 is 1.36 bits per heavy atom. The van der Waals surface area contributed by atoms with Crippen molar-refractivity contribution < 1.29 is 0 Å². The first kappa shape index (κ1) is 8.86. The van der Waals surface area contributed by atoms with E-state index in [0.29, 0.717) is 0 Å². The molecule has 0 saturated carbocycles. The highest BCUT2D eigenvalue weighted by Gasteiger charge is 1.94. The molecule has 2 aromatic rings. The summed E-state index contributed by atoms with van der Waals surface area (Å²) in [6.07, 6.45) is 8.83. The van der Waals surface area contributed by atoms with Gasteiger partial charge in [-0.2, -0.15) is 30.0 Å². The van der Waals surface area contributed by atoms with Crippen LogP contribution >= 0.6 is 0 Å². The summed E-state index contributed by atoms with van der Waals surface area (Å²) in [5.74, 6) is 0. The van der Waals surface area contributed by atoms with Crippen LogP contribution in [0.5, 0.6) is 0 Å². The molecular formula is C8H12N6. The molecule has 0 N–H and O–H groups in total. The average Bonchev–Trinajstić information content (AvgIpc) is 2.86. The minimum Gasteiger partial charge on any atom is -0.185 e. The van der Waals surface area contributed by atoms with Crippen molar-refractivity contribution in [3.05, 3.63) is 24.8 Å². The highest BCUT2D eigenvalue weighted by molar-refractivity contribution is 4.61. The highest BCUT2D eigenvalue weighted by atomic mass is 15.5. The van der Waals surface area contributed by atoms with Gasteiger partial charge in [-0.15, -0.1) is 0 Å². The maximum absolute atomic E-state index is 4.02. The van der Waals surface area contributed by atoms with E-state index < -0.39 is 0 Å². The Balaban J connectivity index is 1.65. The zero-order valence-electron chi connectivity index (χ0n) is 7.82. The molecule has 2 aromatic heterocycles. The molecule has 0 aliphatic heterocycles. The number of unbranched alkanes of at least 4 members (excludes halogenated alkanes) is 1. The first-order chi connectivity index (χ1) is 6.95. The molecule has 2 rings (SSSR count). The fourth-order valence-corrected chi connectivity index (χ4v) is 1.22. The molecule has 6 nitrogen and oxygen atoms in total. The standard InChI is InChI=1S/C8H12N6/c1(7-13-9-3-4-10-13)2-8-14-11-5-6-12-14/h3-6H,1-2,7-8H2. The Kier molecular flexibility index (Phi) is 2.85. The summed E-state index contributed by atoms with van der Waals surface area (Å²) in [6.45, 7) is 1.71. The first-order valence-corrected chi connectivity index (χ1v) is 4.63. The van der Waals surface area contributed by atoms with Crippen LogP contribution in [-0.2, 0) is 13.1 Å². The molecular weight excluding hydrogens is 180 g/mol. The largest absolute Gasteiger partial charge is 0.185 e. The number of hydrogen-bond donors (Lipinski definition) is 0. The molecule has 14 heavy (non-hydrogen) atoms. The van der Waals surface area contributed by atoms with Crippen LogP contribution in [-0.4, -0.2) is 30.0 Å². The van der Waals surface area contributed by atoms with E-state index in [1.807, 2.05) is 0 Å². The predicted octanol–water partition coefficient (Wildman–Crippen LogP) is 0.350. The van der Waals surface area contributed by atoms with Gasteiger partial charge >= 0.3 is 0 Å². The molecule has 0 fully saturated rings. The second kappa shape index (κ2) is 4.50. The van der Waals surface area contributed by atoms with E-state index >= 15 is 0 Å². The third-order valence-corrected chi connectivity index (χ3v) is 1.90. The number of rotatable bonds is 5. The molecule has 0 unspecified atom stereocenters. The van der Waals surface area contributed by atoms with Crippen molar-refractivity contribution in [2.24, 2.45) is 0 Å². The van der Waals surface area contributed by atoms with Crippen molar-refractivity contribution in [2.45, 2.75) is 25.9 Å². The highest BCUT2D eigenvalue weighted by Crippen LogP contribution is 1.94. The fraction of sp³-hybridized carbons (Fsp3) is 0.500. The van der Waals surface area contributed by atoms with Gasteiger partial charge in [-0.25, -0.2) is 0 Å². The van der Waals surface area contributed by atoms with Crippen LogP contribution in [0.4, 0.5) is 0 Å². The van der Waals surface area contributed by atoms with Gasteiger partial charge in [0.05, 0.1) is 37.9 Å². The van der Waals surface area contributed by atoms with Gasteiger partial charge in [0.1, 0.15) is 0 Å². The minimum absolute atomic E-state index is 0.855. The first-order valence-electron chi connectivity index (χ1n) is 4.63. The van der Waals surface area contributed by atoms with Gasteiger partial charge in [-0.3, -0.25) is 0 Å². The van der Waals surface area contributed by atoms with Gasteiger partial charge in [0.15, 0.2) is 0 Å². The number of hydrogen-bond acceptors (Lipinski definition) is 4. The predicted molar refractivity (Wildman–Crippen MR) is 49.3 cm³/mol. The maximum Gasteiger partial charge on any atom is 0.0693 e. The number of aromatic nitrogens is 6. The number of aryl methyl sites for hydroxylation is 2. The summed E-state index contributed by atoms with van der Waals surface area (Å²) in [5.41, 5.74) is 0. The molecule has 0 spiro atoms. The van der Waals surface area contributed by atoms with Crippen LogP contribution in [0.1, 0.15) is 12.8 Å². The van der Waals surface area contributed by atoms with Gasteiger partial charge in [-0.05, 0) is 12.8 Å². The van der Waals surface area contributed by atoms with Gasteiger partial charge in [0, 0.05) is 0 Å². The molecule has 0 saturated heterocycles. The molecule has 0 radical (unpaired) electrons. The van der Waals surface area contributed by atoms with Gasteiger partial charge in [0.25, 0.3) is 0 Å². The lowest BCUT2D eigenvalue weighted by molar-refractivity contribution is 0.446. The monoisotopic (exact) mass is 192 g/mol.